The van der Waals surface area contributed by atoms with E-state index >= 15 is 0 Å². The molecular formula is C24H19N3O2S. The summed E-state index contributed by atoms with van der Waals surface area (Å²) in [4.78, 5) is 18.7. The van der Waals surface area contributed by atoms with E-state index in [0.717, 1.165) is 27.3 Å². The number of hydrogen-bond donors (Lipinski definition) is 1. The number of benzene rings is 2. The van der Waals surface area contributed by atoms with Gasteiger partial charge in [0.1, 0.15) is 5.75 Å². The Morgan fingerprint density at radius 1 is 1.07 bits per heavy atom. The van der Waals surface area contributed by atoms with Crippen LogP contribution in [0.25, 0.3) is 27.2 Å². The van der Waals surface area contributed by atoms with Crippen LogP contribution in [-0.4, -0.2) is 21.7 Å². The summed E-state index contributed by atoms with van der Waals surface area (Å²) in [7, 11) is 1.64. The largest absolute Gasteiger partial charge is 0.497 e. The van der Waals surface area contributed by atoms with Gasteiger partial charge in [-0.2, -0.15) is 0 Å². The molecule has 0 aliphatic heterocycles. The number of fused-ring (bicyclic) bond motifs is 1. The highest BCUT2D eigenvalue weighted by atomic mass is 32.1. The van der Waals surface area contributed by atoms with Crippen LogP contribution in [0.2, 0.25) is 0 Å². The van der Waals surface area contributed by atoms with Gasteiger partial charge >= 0.3 is 0 Å². The Morgan fingerprint density at radius 2 is 1.87 bits per heavy atom. The van der Waals surface area contributed by atoms with E-state index in [1.54, 1.807) is 24.6 Å². The molecule has 0 amide bonds. The number of rotatable bonds is 5. The molecule has 0 spiro atoms. The minimum Gasteiger partial charge on any atom is -0.497 e. The second-order valence-corrected chi connectivity index (χ2v) is 7.94. The number of nitrogens with zero attached hydrogens (tertiary/aromatic N) is 2. The van der Waals surface area contributed by atoms with Gasteiger partial charge in [0, 0.05) is 29.3 Å². The molecule has 5 aromatic rings. The molecule has 1 N–H and O–H groups in total. The molecule has 0 unspecified atom stereocenters. The van der Waals surface area contributed by atoms with Crippen molar-refractivity contribution >= 4 is 17.0 Å². The van der Waals surface area contributed by atoms with Crippen LogP contribution in [0.4, 0.5) is 0 Å². The Hall–Kier alpha value is -3.64. The van der Waals surface area contributed by atoms with Crippen LogP contribution in [-0.2, 0) is 6.42 Å². The Labute approximate surface area is 177 Å². The third kappa shape index (κ3) is 3.31. The van der Waals surface area contributed by atoms with Crippen LogP contribution in [0, 0.1) is 0 Å². The van der Waals surface area contributed by atoms with Gasteiger partial charge in [-0.3, -0.25) is 9.89 Å². The van der Waals surface area contributed by atoms with E-state index in [1.165, 1.54) is 10.1 Å². The summed E-state index contributed by atoms with van der Waals surface area (Å²) in [6, 6.07) is 20.1. The summed E-state index contributed by atoms with van der Waals surface area (Å²) in [6.45, 7) is 0. The van der Waals surface area contributed by atoms with E-state index in [1.807, 2.05) is 48.7 Å². The molecule has 0 radical (unpaired) electrons. The monoisotopic (exact) mass is 413 g/mol. The number of ether oxygens (including phenoxy) is 1. The highest BCUT2D eigenvalue weighted by Gasteiger charge is 2.14. The zero-order valence-electron chi connectivity index (χ0n) is 16.3. The van der Waals surface area contributed by atoms with Crippen molar-refractivity contribution in [3.63, 3.8) is 0 Å². The minimum absolute atomic E-state index is 0.0816. The zero-order valence-corrected chi connectivity index (χ0v) is 17.1. The molecule has 2 aromatic carbocycles. The fourth-order valence-corrected chi connectivity index (χ4v) is 4.45. The maximum absolute atomic E-state index is 13.0. The van der Waals surface area contributed by atoms with Crippen molar-refractivity contribution in [1.82, 2.24) is 14.6 Å². The Balaban J connectivity index is 1.48. The SMILES string of the molecule is COc1ccc(Cc2cnc3c(-c4cc(-c5ccccc5)cs4)c[nH]n3c2=O)cc1. The molecule has 0 saturated carbocycles. The Bertz CT molecular complexity index is 1370. The van der Waals surface area contributed by atoms with Gasteiger partial charge < -0.3 is 4.74 Å². The van der Waals surface area contributed by atoms with E-state index in [4.69, 9.17) is 4.74 Å². The first kappa shape index (κ1) is 18.4. The van der Waals surface area contributed by atoms with E-state index < -0.39 is 0 Å². The highest BCUT2D eigenvalue weighted by molar-refractivity contribution is 7.14. The highest BCUT2D eigenvalue weighted by Crippen LogP contribution is 2.33. The predicted molar refractivity (Wildman–Crippen MR) is 120 cm³/mol. The summed E-state index contributed by atoms with van der Waals surface area (Å²) in [6.07, 6.45) is 4.05. The van der Waals surface area contributed by atoms with Crippen molar-refractivity contribution < 1.29 is 4.74 Å². The normalized spacial score (nSPS) is 11.1. The van der Waals surface area contributed by atoms with Crippen molar-refractivity contribution in [3.8, 4) is 27.3 Å². The summed E-state index contributed by atoms with van der Waals surface area (Å²) < 4.78 is 6.72. The number of aromatic amines is 1. The zero-order chi connectivity index (χ0) is 20.5. The first-order valence-electron chi connectivity index (χ1n) is 9.58. The quantitative estimate of drug-likeness (QED) is 0.440. The Morgan fingerprint density at radius 3 is 2.63 bits per heavy atom. The van der Waals surface area contributed by atoms with Crippen LogP contribution >= 0.6 is 11.3 Å². The van der Waals surface area contributed by atoms with E-state index in [2.05, 4.69) is 33.7 Å². The molecule has 30 heavy (non-hydrogen) atoms. The predicted octanol–water partition coefficient (Wildman–Crippen LogP) is 5.02. The van der Waals surface area contributed by atoms with Gasteiger partial charge in [0.15, 0.2) is 5.65 Å². The molecule has 5 nitrogen and oxygen atoms in total. The van der Waals surface area contributed by atoms with Crippen LogP contribution in [0.1, 0.15) is 11.1 Å². The molecule has 3 aromatic heterocycles. The van der Waals surface area contributed by atoms with Crippen LogP contribution in [0.15, 0.2) is 83.2 Å². The molecule has 0 fully saturated rings. The molecule has 148 valence electrons. The summed E-state index contributed by atoms with van der Waals surface area (Å²) >= 11 is 1.65. The second-order valence-electron chi connectivity index (χ2n) is 7.03. The van der Waals surface area contributed by atoms with Gasteiger partial charge in [0.25, 0.3) is 5.56 Å². The third-order valence-corrected chi connectivity index (χ3v) is 6.10. The lowest BCUT2D eigenvalue weighted by atomic mass is 10.1. The summed E-state index contributed by atoms with van der Waals surface area (Å²) in [5, 5.41) is 5.21. The van der Waals surface area contributed by atoms with Crippen molar-refractivity contribution in [3.05, 3.63) is 99.9 Å². The molecule has 3 heterocycles. The van der Waals surface area contributed by atoms with Crippen LogP contribution in [0.5, 0.6) is 5.75 Å². The molecule has 0 atom stereocenters. The third-order valence-electron chi connectivity index (χ3n) is 5.14. The van der Waals surface area contributed by atoms with E-state index in [-0.39, 0.29) is 5.56 Å². The number of thiophene rings is 1. The molecule has 0 aliphatic carbocycles. The number of methoxy groups -OCH3 is 1. The fraction of sp³-hybridized carbons (Fsp3) is 0.0833. The van der Waals surface area contributed by atoms with Gasteiger partial charge in [-0.25, -0.2) is 9.50 Å². The van der Waals surface area contributed by atoms with Gasteiger partial charge in [-0.05, 0) is 40.3 Å². The molecule has 0 bridgehead atoms. The van der Waals surface area contributed by atoms with E-state index in [0.29, 0.717) is 17.6 Å². The number of aromatic nitrogens is 3. The first-order chi connectivity index (χ1) is 14.7. The van der Waals surface area contributed by atoms with Crippen molar-refractivity contribution in [2.75, 3.05) is 7.11 Å². The lowest BCUT2D eigenvalue weighted by Crippen LogP contribution is -2.19. The average molecular weight is 414 g/mol. The van der Waals surface area contributed by atoms with E-state index in [9.17, 15) is 4.79 Å². The lowest BCUT2D eigenvalue weighted by molar-refractivity contribution is 0.414. The smallest absolute Gasteiger partial charge is 0.276 e. The maximum atomic E-state index is 13.0. The first-order valence-corrected chi connectivity index (χ1v) is 10.5. The summed E-state index contributed by atoms with van der Waals surface area (Å²) in [5.41, 5.74) is 5.49. The number of H-pyrrole nitrogens is 1. The molecule has 0 aliphatic rings. The number of nitrogens with one attached hydrogen (secondary N) is 1. The fourth-order valence-electron chi connectivity index (χ4n) is 3.52. The van der Waals surface area contributed by atoms with Crippen molar-refractivity contribution in [2.45, 2.75) is 6.42 Å². The molecule has 5 rings (SSSR count). The standard InChI is InChI=1S/C24H19N3O2S/c1-29-20-9-7-16(8-10-20)11-18-13-25-23-21(14-26-27(23)24(18)28)22-12-19(15-30-22)17-5-3-2-4-6-17/h2-10,12-15,26H,11H2,1H3. The van der Waals surface area contributed by atoms with Crippen molar-refractivity contribution in [2.24, 2.45) is 0 Å². The van der Waals surface area contributed by atoms with Gasteiger partial charge in [-0.1, -0.05) is 42.5 Å². The summed E-state index contributed by atoms with van der Waals surface area (Å²) in [5.74, 6) is 0.795. The topological polar surface area (TPSA) is 59.4 Å². The van der Waals surface area contributed by atoms with Gasteiger partial charge in [-0.15, -0.1) is 11.3 Å². The van der Waals surface area contributed by atoms with Gasteiger partial charge in [0.2, 0.25) is 0 Å². The van der Waals surface area contributed by atoms with Crippen LogP contribution in [0.3, 0.4) is 0 Å². The lowest BCUT2D eigenvalue weighted by Gasteiger charge is -2.04. The van der Waals surface area contributed by atoms with Crippen LogP contribution < -0.4 is 10.3 Å². The molecule has 0 saturated heterocycles. The maximum Gasteiger partial charge on any atom is 0.276 e. The Kier molecular flexibility index (Phi) is 4.69. The second kappa shape index (κ2) is 7.65. The van der Waals surface area contributed by atoms with Gasteiger partial charge in [0.05, 0.1) is 12.7 Å². The molecule has 6 heteroatoms. The van der Waals surface area contributed by atoms with Crippen molar-refractivity contribution in [1.29, 1.82) is 0 Å². The number of hydrogen-bond acceptors (Lipinski definition) is 4. The minimum atomic E-state index is -0.0816. The average Bonchev–Trinajstić information content (AvgIpc) is 3.44. The molecular weight excluding hydrogens is 394 g/mol.